The number of allylic oxidation sites excluding steroid dienone is 6. The number of hydrogen-bond acceptors (Lipinski definition) is 5. The second kappa shape index (κ2) is 6.78. The summed E-state index contributed by atoms with van der Waals surface area (Å²) in [6.07, 6.45) is 5.28. The molecule has 2 aliphatic rings. The maximum atomic E-state index is 12.9. The first kappa shape index (κ1) is 19.1. The fourth-order valence-electron chi connectivity index (χ4n) is 2.80. The van der Waals surface area contributed by atoms with E-state index in [1.807, 2.05) is 6.08 Å². The molecule has 27 heavy (non-hydrogen) atoms. The van der Waals surface area contributed by atoms with Crippen LogP contribution in [-0.2, 0) is 21.1 Å². The highest BCUT2D eigenvalue weighted by atomic mass is 32.2. The van der Waals surface area contributed by atoms with Crippen molar-refractivity contribution in [1.82, 2.24) is 0 Å². The number of alkyl halides is 3. The van der Waals surface area contributed by atoms with Crippen LogP contribution in [0.4, 0.5) is 18.9 Å². The average Bonchev–Trinajstić information content (AvgIpc) is 2.59. The van der Waals surface area contributed by atoms with Crippen LogP contribution in [0, 0.1) is 11.8 Å². The molecule has 0 saturated heterocycles. The third-order valence-electron chi connectivity index (χ3n) is 4.10. The Morgan fingerprint density at radius 1 is 1.11 bits per heavy atom. The Hall–Kier alpha value is -2.72. The minimum atomic E-state index is -4.81. The van der Waals surface area contributed by atoms with Gasteiger partial charge >= 0.3 is 6.18 Å². The number of fused-ring (bicyclic) bond motifs is 1. The Balaban J connectivity index is 2.02. The van der Waals surface area contributed by atoms with Crippen molar-refractivity contribution in [2.45, 2.75) is 11.1 Å². The number of nitrogens with one attached hydrogen (secondary N) is 1. The molecule has 0 amide bonds. The minimum absolute atomic E-state index is 0.0156. The number of hydrazone groups is 1. The quantitative estimate of drug-likeness (QED) is 0.602. The van der Waals surface area contributed by atoms with Crippen molar-refractivity contribution in [1.29, 1.82) is 0 Å². The van der Waals surface area contributed by atoms with Crippen LogP contribution < -0.4 is 5.43 Å². The molecule has 0 bridgehead atoms. The van der Waals surface area contributed by atoms with Gasteiger partial charge in [0, 0.05) is 11.8 Å². The molecule has 2 unspecified atom stereocenters. The van der Waals surface area contributed by atoms with Crippen molar-refractivity contribution in [3.63, 3.8) is 0 Å². The number of halogens is 3. The van der Waals surface area contributed by atoms with Gasteiger partial charge in [-0.1, -0.05) is 30.4 Å². The number of carbonyl (C=O) groups excluding carboxylic acids is 1. The molecule has 2 atom stereocenters. The zero-order valence-corrected chi connectivity index (χ0v) is 14.3. The second-order valence-corrected chi connectivity index (χ2v) is 7.28. The van der Waals surface area contributed by atoms with E-state index < -0.39 is 44.1 Å². The van der Waals surface area contributed by atoms with E-state index in [-0.39, 0.29) is 11.6 Å². The van der Waals surface area contributed by atoms with E-state index in [1.54, 1.807) is 24.3 Å². The van der Waals surface area contributed by atoms with Gasteiger partial charge in [0.1, 0.15) is 10.6 Å². The zero-order valence-electron chi connectivity index (χ0n) is 13.5. The third-order valence-corrected chi connectivity index (χ3v) is 5.01. The SMILES string of the molecule is O=C1C=CC2C=CC=CC2/C1=N\Nc1cc(C(F)(F)F)ccc1S(=O)(=O)O. The maximum absolute atomic E-state index is 12.9. The Labute approximate surface area is 152 Å². The maximum Gasteiger partial charge on any atom is 0.416 e. The lowest BCUT2D eigenvalue weighted by molar-refractivity contribution is -0.137. The number of rotatable bonds is 3. The van der Waals surface area contributed by atoms with E-state index in [1.165, 1.54) is 6.08 Å². The Morgan fingerprint density at radius 3 is 2.48 bits per heavy atom. The van der Waals surface area contributed by atoms with Crippen LogP contribution in [0.25, 0.3) is 0 Å². The first-order valence-corrected chi connectivity index (χ1v) is 9.11. The van der Waals surface area contributed by atoms with Crippen molar-refractivity contribution < 1.29 is 30.9 Å². The average molecular weight is 398 g/mol. The summed E-state index contributed by atoms with van der Waals surface area (Å²) in [6.45, 7) is 0. The molecule has 0 saturated carbocycles. The van der Waals surface area contributed by atoms with Gasteiger partial charge in [0.15, 0.2) is 0 Å². The monoisotopic (exact) mass is 398 g/mol. The number of anilines is 1. The lowest BCUT2D eigenvalue weighted by atomic mass is 9.79. The van der Waals surface area contributed by atoms with E-state index in [0.29, 0.717) is 18.2 Å². The number of hydrogen-bond donors (Lipinski definition) is 2. The normalized spacial score (nSPS) is 23.6. The Morgan fingerprint density at radius 2 is 1.81 bits per heavy atom. The van der Waals surface area contributed by atoms with Crippen LogP contribution in [0.5, 0.6) is 0 Å². The van der Waals surface area contributed by atoms with Gasteiger partial charge < -0.3 is 0 Å². The molecule has 1 aromatic carbocycles. The number of benzene rings is 1. The highest BCUT2D eigenvalue weighted by Crippen LogP contribution is 2.34. The fourth-order valence-corrected chi connectivity index (χ4v) is 3.42. The van der Waals surface area contributed by atoms with Crippen molar-refractivity contribution in [2.75, 3.05) is 5.43 Å². The van der Waals surface area contributed by atoms with Crippen molar-refractivity contribution in [2.24, 2.45) is 16.9 Å². The van der Waals surface area contributed by atoms with Gasteiger partial charge in [0.05, 0.1) is 11.3 Å². The summed E-state index contributed by atoms with van der Waals surface area (Å²) < 4.78 is 70.9. The van der Waals surface area contributed by atoms with Crippen LogP contribution in [-0.4, -0.2) is 24.5 Å². The van der Waals surface area contributed by atoms with Crippen LogP contribution >= 0.6 is 0 Å². The Kier molecular flexibility index (Phi) is 4.79. The highest BCUT2D eigenvalue weighted by molar-refractivity contribution is 7.86. The summed E-state index contributed by atoms with van der Waals surface area (Å²) >= 11 is 0. The molecule has 0 heterocycles. The molecule has 0 aromatic heterocycles. The molecule has 2 aliphatic carbocycles. The molecule has 0 fully saturated rings. The van der Waals surface area contributed by atoms with Crippen LogP contribution in [0.15, 0.2) is 64.7 Å². The summed E-state index contributed by atoms with van der Waals surface area (Å²) in [5.74, 6) is -1.03. The Bertz CT molecular complexity index is 1010. The molecule has 2 N–H and O–H groups in total. The van der Waals surface area contributed by atoms with Gasteiger partial charge in [0.25, 0.3) is 10.1 Å². The lowest BCUT2D eigenvalue weighted by Crippen LogP contribution is -2.31. The standard InChI is InChI=1S/C17H13F3N2O4S/c18-17(19,20)11-6-8-15(27(24,25)26)13(9-11)21-22-16-12-4-2-1-3-10(12)5-7-14(16)23/h1-10,12,21H,(H,24,25,26)/b22-16+. The number of nitrogens with zero attached hydrogens (tertiary/aromatic N) is 1. The van der Waals surface area contributed by atoms with Gasteiger partial charge in [-0.2, -0.15) is 26.7 Å². The number of ketones is 1. The van der Waals surface area contributed by atoms with Crippen molar-refractivity contribution in [3.8, 4) is 0 Å². The first-order valence-electron chi connectivity index (χ1n) is 7.67. The predicted octanol–water partition coefficient (Wildman–Crippen LogP) is 3.22. The minimum Gasteiger partial charge on any atom is -0.288 e. The van der Waals surface area contributed by atoms with Gasteiger partial charge in [-0.15, -0.1) is 0 Å². The van der Waals surface area contributed by atoms with Gasteiger partial charge in [-0.25, -0.2) is 0 Å². The summed E-state index contributed by atoms with van der Waals surface area (Å²) in [6, 6.07) is 1.65. The van der Waals surface area contributed by atoms with Gasteiger partial charge in [-0.05, 0) is 24.3 Å². The lowest BCUT2D eigenvalue weighted by Gasteiger charge is -2.25. The topological polar surface area (TPSA) is 95.8 Å². The fraction of sp³-hybridized carbons (Fsp3) is 0.176. The number of carbonyl (C=O) groups is 1. The molecular weight excluding hydrogens is 385 g/mol. The van der Waals surface area contributed by atoms with Gasteiger partial charge in [0.2, 0.25) is 5.78 Å². The smallest absolute Gasteiger partial charge is 0.288 e. The van der Waals surface area contributed by atoms with Crippen LogP contribution in [0.3, 0.4) is 0 Å². The zero-order chi connectivity index (χ0) is 19.8. The molecule has 0 radical (unpaired) electrons. The predicted molar refractivity (Wildman–Crippen MR) is 91.7 cm³/mol. The van der Waals surface area contributed by atoms with Crippen LogP contribution in [0.2, 0.25) is 0 Å². The molecule has 10 heteroatoms. The molecule has 6 nitrogen and oxygen atoms in total. The molecular formula is C17H13F3N2O4S. The third kappa shape index (κ3) is 4.01. The molecule has 1 aromatic rings. The summed E-state index contributed by atoms with van der Waals surface area (Å²) in [5, 5.41) is 3.85. The second-order valence-electron chi connectivity index (χ2n) is 5.89. The van der Waals surface area contributed by atoms with E-state index in [2.05, 4.69) is 10.5 Å². The first-order chi connectivity index (χ1) is 12.6. The van der Waals surface area contributed by atoms with Gasteiger partial charge in [-0.3, -0.25) is 14.8 Å². The molecule has 0 aliphatic heterocycles. The highest BCUT2D eigenvalue weighted by Gasteiger charge is 2.33. The molecule has 3 rings (SSSR count). The largest absolute Gasteiger partial charge is 0.416 e. The van der Waals surface area contributed by atoms with E-state index in [9.17, 15) is 30.9 Å². The molecule has 142 valence electrons. The summed E-state index contributed by atoms with van der Waals surface area (Å²) in [4.78, 5) is 11.3. The van der Waals surface area contributed by atoms with Crippen molar-refractivity contribution in [3.05, 3.63) is 60.2 Å². The van der Waals surface area contributed by atoms with E-state index in [0.717, 1.165) is 0 Å². The summed E-state index contributed by atoms with van der Waals surface area (Å²) in [5.41, 5.74) is 0.495. The molecule has 0 spiro atoms. The van der Waals surface area contributed by atoms with E-state index in [4.69, 9.17) is 0 Å². The summed E-state index contributed by atoms with van der Waals surface area (Å²) in [7, 11) is -4.81. The van der Waals surface area contributed by atoms with Crippen molar-refractivity contribution >= 4 is 27.3 Å². The van der Waals surface area contributed by atoms with E-state index >= 15 is 0 Å². The van der Waals surface area contributed by atoms with Crippen LogP contribution in [0.1, 0.15) is 5.56 Å².